The highest BCUT2D eigenvalue weighted by atomic mass is 16.5. The van der Waals surface area contributed by atoms with Gasteiger partial charge in [-0.1, -0.05) is 6.07 Å². The number of aliphatic carboxylic acids is 1. The Morgan fingerprint density at radius 3 is 2.91 bits per heavy atom. The average molecular weight is 320 g/mol. The largest absolute Gasteiger partial charge is 0.481 e. The van der Waals surface area contributed by atoms with Gasteiger partial charge in [-0.05, 0) is 37.8 Å². The zero-order valence-electron chi connectivity index (χ0n) is 13.5. The minimum atomic E-state index is -0.880. The molecular weight excluding hydrogens is 296 g/mol. The topological polar surface area (TPSA) is 79.7 Å². The van der Waals surface area contributed by atoms with Crippen LogP contribution in [0.15, 0.2) is 24.4 Å². The summed E-state index contributed by atoms with van der Waals surface area (Å²) in [6, 6.07) is 5.63. The minimum Gasteiger partial charge on any atom is -0.481 e. The zero-order valence-corrected chi connectivity index (χ0v) is 13.5. The van der Waals surface area contributed by atoms with Crippen LogP contribution in [-0.4, -0.2) is 53.7 Å². The molecule has 0 radical (unpaired) electrons. The van der Waals surface area contributed by atoms with Crippen molar-refractivity contribution in [3.63, 3.8) is 0 Å². The van der Waals surface area contributed by atoms with Crippen LogP contribution in [0.1, 0.15) is 31.4 Å². The number of carbonyl (C=O) groups excluding carboxylic acids is 1. The Balaban J connectivity index is 1.96. The van der Waals surface area contributed by atoms with Gasteiger partial charge >= 0.3 is 5.97 Å². The van der Waals surface area contributed by atoms with Crippen molar-refractivity contribution in [3.05, 3.63) is 30.1 Å². The molecule has 6 nitrogen and oxygen atoms in total. The third-order valence-corrected chi connectivity index (χ3v) is 4.49. The number of rotatable bonds is 7. The summed E-state index contributed by atoms with van der Waals surface area (Å²) in [6.07, 6.45) is 4.39. The van der Waals surface area contributed by atoms with E-state index in [-0.39, 0.29) is 12.5 Å². The second-order valence-electron chi connectivity index (χ2n) is 6.07. The van der Waals surface area contributed by atoms with E-state index in [2.05, 4.69) is 4.98 Å². The molecule has 1 atom stereocenters. The highest BCUT2D eigenvalue weighted by Gasteiger charge is 2.43. The maximum absolute atomic E-state index is 12.4. The Bertz CT molecular complexity index is 535. The first kappa shape index (κ1) is 17.4. The van der Waals surface area contributed by atoms with Gasteiger partial charge in [-0.2, -0.15) is 0 Å². The average Bonchev–Trinajstić information content (AvgIpc) is 2.59. The molecule has 1 aliphatic heterocycles. The van der Waals surface area contributed by atoms with E-state index in [1.54, 1.807) is 18.2 Å². The predicted molar refractivity (Wildman–Crippen MR) is 84.9 cm³/mol. The van der Waals surface area contributed by atoms with Crippen molar-refractivity contribution in [1.29, 1.82) is 0 Å². The maximum Gasteiger partial charge on any atom is 0.311 e. The molecule has 2 rings (SSSR count). The molecule has 1 unspecified atom stereocenters. The SMILES string of the molecule is COCCC1(C(=O)O)CCCN(C(=O)CCc2ccccn2)C1. The molecule has 1 aromatic heterocycles. The third kappa shape index (κ3) is 4.51. The number of aryl methyl sites for hydroxylation is 1. The fourth-order valence-corrected chi connectivity index (χ4v) is 3.07. The summed E-state index contributed by atoms with van der Waals surface area (Å²) in [6.45, 7) is 1.29. The molecule has 0 spiro atoms. The Morgan fingerprint density at radius 2 is 2.26 bits per heavy atom. The summed E-state index contributed by atoms with van der Waals surface area (Å²) in [4.78, 5) is 30.1. The molecule has 0 saturated carbocycles. The van der Waals surface area contributed by atoms with Gasteiger partial charge in [-0.15, -0.1) is 0 Å². The first-order chi connectivity index (χ1) is 11.1. The van der Waals surface area contributed by atoms with Crippen LogP contribution in [0.3, 0.4) is 0 Å². The second-order valence-corrected chi connectivity index (χ2v) is 6.07. The quantitative estimate of drug-likeness (QED) is 0.828. The van der Waals surface area contributed by atoms with Crippen molar-refractivity contribution >= 4 is 11.9 Å². The molecule has 0 bridgehead atoms. The lowest BCUT2D eigenvalue weighted by Crippen LogP contribution is -2.50. The van der Waals surface area contributed by atoms with Gasteiger partial charge in [0.1, 0.15) is 0 Å². The Morgan fingerprint density at radius 1 is 1.43 bits per heavy atom. The van der Waals surface area contributed by atoms with Crippen LogP contribution < -0.4 is 0 Å². The van der Waals surface area contributed by atoms with E-state index >= 15 is 0 Å². The number of carboxylic acid groups (broad SMARTS) is 1. The van der Waals surface area contributed by atoms with Gasteiger partial charge < -0.3 is 14.7 Å². The van der Waals surface area contributed by atoms with Crippen LogP contribution in [0.25, 0.3) is 0 Å². The number of pyridine rings is 1. The summed E-state index contributed by atoms with van der Waals surface area (Å²) in [7, 11) is 1.56. The lowest BCUT2D eigenvalue weighted by atomic mass is 9.77. The standard InChI is InChI=1S/C17H24N2O4/c1-23-12-9-17(16(21)22)8-4-11-19(13-17)15(20)7-6-14-5-2-3-10-18-14/h2-3,5,10H,4,6-9,11-13H2,1H3,(H,21,22). The lowest BCUT2D eigenvalue weighted by Gasteiger charge is -2.40. The van der Waals surface area contributed by atoms with Crippen LogP contribution in [0.5, 0.6) is 0 Å². The van der Waals surface area contributed by atoms with E-state index in [4.69, 9.17) is 4.74 Å². The molecule has 1 aromatic rings. The third-order valence-electron chi connectivity index (χ3n) is 4.49. The number of hydrogen-bond acceptors (Lipinski definition) is 4. The van der Waals surface area contributed by atoms with Crippen LogP contribution >= 0.6 is 0 Å². The molecule has 126 valence electrons. The monoisotopic (exact) mass is 320 g/mol. The van der Waals surface area contributed by atoms with Crippen molar-refractivity contribution in [2.75, 3.05) is 26.8 Å². The van der Waals surface area contributed by atoms with Crippen LogP contribution in [0, 0.1) is 5.41 Å². The summed E-state index contributed by atoms with van der Waals surface area (Å²) >= 11 is 0. The predicted octanol–water partition coefficient (Wildman–Crippen LogP) is 1.74. The van der Waals surface area contributed by atoms with Crippen molar-refractivity contribution in [2.24, 2.45) is 5.41 Å². The van der Waals surface area contributed by atoms with Gasteiger partial charge in [0.2, 0.25) is 5.91 Å². The summed E-state index contributed by atoms with van der Waals surface area (Å²) < 4.78 is 5.05. The van der Waals surface area contributed by atoms with Gasteiger partial charge in [-0.3, -0.25) is 14.6 Å². The number of hydrogen-bond donors (Lipinski definition) is 1. The van der Waals surface area contributed by atoms with Gasteiger partial charge in [0.25, 0.3) is 0 Å². The molecule has 6 heteroatoms. The number of carboxylic acids is 1. The number of carbonyl (C=O) groups is 2. The van der Waals surface area contributed by atoms with E-state index < -0.39 is 11.4 Å². The maximum atomic E-state index is 12.4. The Labute approximate surface area is 136 Å². The first-order valence-electron chi connectivity index (χ1n) is 7.97. The molecular formula is C17H24N2O4. The molecule has 1 fully saturated rings. The number of piperidine rings is 1. The van der Waals surface area contributed by atoms with Gasteiger partial charge in [-0.25, -0.2) is 0 Å². The van der Waals surface area contributed by atoms with Crippen molar-refractivity contribution < 1.29 is 19.4 Å². The van der Waals surface area contributed by atoms with Gasteiger partial charge in [0, 0.05) is 45.1 Å². The molecule has 1 aliphatic rings. The molecule has 0 aromatic carbocycles. The number of methoxy groups -OCH3 is 1. The van der Waals surface area contributed by atoms with E-state index in [9.17, 15) is 14.7 Å². The van der Waals surface area contributed by atoms with E-state index in [0.29, 0.717) is 45.3 Å². The second kappa shape index (κ2) is 8.06. The van der Waals surface area contributed by atoms with E-state index in [0.717, 1.165) is 5.69 Å². The lowest BCUT2D eigenvalue weighted by molar-refractivity contribution is -0.156. The highest BCUT2D eigenvalue weighted by molar-refractivity contribution is 5.79. The van der Waals surface area contributed by atoms with Gasteiger partial charge in [0.05, 0.1) is 5.41 Å². The molecule has 1 N–H and O–H groups in total. The summed E-state index contributed by atoms with van der Waals surface area (Å²) in [5, 5.41) is 9.62. The van der Waals surface area contributed by atoms with E-state index in [1.807, 2.05) is 18.2 Å². The van der Waals surface area contributed by atoms with Crippen molar-refractivity contribution in [3.8, 4) is 0 Å². The number of nitrogens with zero attached hydrogens (tertiary/aromatic N) is 2. The van der Waals surface area contributed by atoms with E-state index in [1.165, 1.54) is 0 Å². The summed E-state index contributed by atoms with van der Waals surface area (Å²) in [5.74, 6) is -0.838. The molecule has 1 amide bonds. The first-order valence-corrected chi connectivity index (χ1v) is 7.97. The van der Waals surface area contributed by atoms with Crippen LogP contribution in [0.4, 0.5) is 0 Å². The normalized spacial score (nSPS) is 21.2. The van der Waals surface area contributed by atoms with Crippen LogP contribution in [0.2, 0.25) is 0 Å². The molecule has 2 heterocycles. The number of ether oxygens (including phenoxy) is 1. The fraction of sp³-hybridized carbons (Fsp3) is 0.588. The number of aromatic nitrogens is 1. The molecule has 23 heavy (non-hydrogen) atoms. The van der Waals surface area contributed by atoms with Gasteiger partial charge in [0.15, 0.2) is 0 Å². The zero-order chi connectivity index (χ0) is 16.7. The highest BCUT2D eigenvalue weighted by Crippen LogP contribution is 2.34. The van der Waals surface area contributed by atoms with Crippen molar-refractivity contribution in [2.45, 2.75) is 32.1 Å². The fourth-order valence-electron chi connectivity index (χ4n) is 3.07. The molecule has 0 aliphatic carbocycles. The number of amides is 1. The molecule has 1 saturated heterocycles. The van der Waals surface area contributed by atoms with Crippen LogP contribution in [-0.2, 0) is 20.7 Å². The smallest absolute Gasteiger partial charge is 0.311 e. The van der Waals surface area contributed by atoms with Crippen molar-refractivity contribution in [1.82, 2.24) is 9.88 Å². The Hall–Kier alpha value is -1.95. The Kier molecular flexibility index (Phi) is 6.10. The minimum absolute atomic E-state index is 0.00149. The summed E-state index contributed by atoms with van der Waals surface area (Å²) in [5.41, 5.74) is -0.00343. The number of likely N-dealkylation sites (tertiary alicyclic amines) is 1.